The maximum Gasteiger partial charge on any atom is 0.344 e. The van der Waals surface area contributed by atoms with Crippen LogP contribution in [0.2, 0.25) is 0 Å². The summed E-state index contributed by atoms with van der Waals surface area (Å²) in [4.78, 5) is 23.7. The van der Waals surface area contributed by atoms with E-state index in [1.54, 1.807) is 20.8 Å². The summed E-state index contributed by atoms with van der Waals surface area (Å²) < 4.78 is 10.2. The highest BCUT2D eigenvalue weighted by Crippen LogP contribution is 2.42. The van der Waals surface area contributed by atoms with E-state index in [4.69, 9.17) is 9.47 Å². The Hall–Kier alpha value is -1.06. The molecule has 0 saturated carbocycles. The van der Waals surface area contributed by atoms with Gasteiger partial charge >= 0.3 is 11.9 Å². The van der Waals surface area contributed by atoms with Crippen molar-refractivity contribution in [1.82, 2.24) is 0 Å². The Morgan fingerprint density at radius 1 is 0.947 bits per heavy atom. The third-order valence-corrected chi connectivity index (χ3v) is 3.55. The molecule has 0 aliphatic carbocycles. The first-order chi connectivity index (χ1) is 8.33. The Kier molecular flexibility index (Phi) is 5.60. The second-order valence-electron chi connectivity index (χ2n) is 7.10. The standard InChI is InChI=1S/C15H28O4/c1-9-15(8,13(2,3)4)12(17)18-10-11(16)19-14(5,6)7/h9-10H2,1-8H3. The largest absolute Gasteiger partial charge is 0.457 e. The van der Waals surface area contributed by atoms with E-state index in [2.05, 4.69) is 0 Å². The van der Waals surface area contributed by atoms with Crippen LogP contribution in [0.4, 0.5) is 0 Å². The van der Waals surface area contributed by atoms with Crippen LogP contribution >= 0.6 is 0 Å². The van der Waals surface area contributed by atoms with Crippen LogP contribution in [0.25, 0.3) is 0 Å². The molecule has 0 aliphatic heterocycles. The van der Waals surface area contributed by atoms with Gasteiger partial charge in [0.05, 0.1) is 5.41 Å². The van der Waals surface area contributed by atoms with Gasteiger partial charge in [0.15, 0.2) is 6.61 Å². The fraction of sp³-hybridized carbons (Fsp3) is 0.867. The molecule has 112 valence electrons. The van der Waals surface area contributed by atoms with E-state index < -0.39 is 17.0 Å². The van der Waals surface area contributed by atoms with Gasteiger partial charge in [0, 0.05) is 0 Å². The fourth-order valence-corrected chi connectivity index (χ4v) is 1.64. The molecule has 0 rings (SSSR count). The van der Waals surface area contributed by atoms with Crippen molar-refractivity contribution in [2.24, 2.45) is 10.8 Å². The number of ether oxygens (including phenoxy) is 2. The lowest BCUT2D eigenvalue weighted by Gasteiger charge is -2.38. The number of carbonyl (C=O) groups excluding carboxylic acids is 2. The van der Waals surface area contributed by atoms with Crippen LogP contribution in [0.3, 0.4) is 0 Å². The van der Waals surface area contributed by atoms with Crippen molar-refractivity contribution in [2.75, 3.05) is 6.61 Å². The molecule has 0 radical (unpaired) electrons. The number of hydrogen-bond donors (Lipinski definition) is 0. The minimum Gasteiger partial charge on any atom is -0.457 e. The molecule has 0 aromatic rings. The van der Waals surface area contributed by atoms with Crippen molar-refractivity contribution >= 4 is 11.9 Å². The zero-order chi connectivity index (χ0) is 15.5. The summed E-state index contributed by atoms with van der Waals surface area (Å²) in [6.07, 6.45) is 0.656. The highest BCUT2D eigenvalue weighted by molar-refractivity contribution is 5.80. The summed E-state index contributed by atoms with van der Waals surface area (Å²) in [5, 5.41) is 0. The van der Waals surface area contributed by atoms with Crippen molar-refractivity contribution in [2.45, 2.75) is 67.4 Å². The normalized spacial score (nSPS) is 15.6. The van der Waals surface area contributed by atoms with Gasteiger partial charge in [-0.15, -0.1) is 0 Å². The molecule has 1 unspecified atom stereocenters. The van der Waals surface area contributed by atoms with Gasteiger partial charge in [0.2, 0.25) is 0 Å². The molecule has 0 fully saturated rings. The summed E-state index contributed by atoms with van der Waals surface area (Å²) >= 11 is 0. The van der Waals surface area contributed by atoms with Gasteiger partial charge in [0.25, 0.3) is 0 Å². The average Bonchev–Trinajstić information content (AvgIpc) is 2.20. The molecule has 0 N–H and O–H groups in total. The summed E-state index contributed by atoms with van der Waals surface area (Å²) in [5.41, 5.74) is -1.41. The minimum atomic E-state index is -0.616. The van der Waals surface area contributed by atoms with E-state index in [9.17, 15) is 9.59 Å². The fourth-order valence-electron chi connectivity index (χ4n) is 1.64. The van der Waals surface area contributed by atoms with Gasteiger partial charge in [-0.05, 0) is 39.5 Å². The molecule has 0 amide bonds. The quantitative estimate of drug-likeness (QED) is 0.737. The summed E-state index contributed by atoms with van der Waals surface area (Å²) in [7, 11) is 0. The predicted octanol–water partition coefficient (Wildman–Crippen LogP) is 3.33. The van der Waals surface area contributed by atoms with Gasteiger partial charge in [-0.3, -0.25) is 4.79 Å². The summed E-state index contributed by atoms with van der Waals surface area (Å²) in [6, 6.07) is 0. The van der Waals surface area contributed by atoms with E-state index in [0.717, 1.165) is 0 Å². The van der Waals surface area contributed by atoms with Crippen LogP contribution < -0.4 is 0 Å². The highest BCUT2D eigenvalue weighted by Gasteiger charge is 2.44. The lowest BCUT2D eigenvalue weighted by Crippen LogP contribution is -2.42. The Bertz CT molecular complexity index is 333. The zero-order valence-corrected chi connectivity index (χ0v) is 13.5. The van der Waals surface area contributed by atoms with Crippen LogP contribution in [0.15, 0.2) is 0 Å². The Morgan fingerprint density at radius 3 is 1.74 bits per heavy atom. The molecule has 0 bridgehead atoms. The van der Waals surface area contributed by atoms with Crippen LogP contribution in [-0.2, 0) is 19.1 Å². The van der Waals surface area contributed by atoms with E-state index >= 15 is 0 Å². The summed E-state index contributed by atoms with van der Waals surface area (Å²) in [5.74, 6) is -0.874. The molecule has 0 aliphatic rings. The molecule has 4 heteroatoms. The van der Waals surface area contributed by atoms with Crippen molar-refractivity contribution in [3.63, 3.8) is 0 Å². The first kappa shape index (κ1) is 17.9. The molecular weight excluding hydrogens is 244 g/mol. The predicted molar refractivity (Wildman–Crippen MR) is 74.7 cm³/mol. The summed E-state index contributed by atoms with van der Waals surface area (Å²) in [6.45, 7) is 14.8. The molecule has 0 heterocycles. The number of esters is 2. The lowest BCUT2D eigenvalue weighted by atomic mass is 9.66. The smallest absolute Gasteiger partial charge is 0.344 e. The molecule has 19 heavy (non-hydrogen) atoms. The van der Waals surface area contributed by atoms with Gasteiger partial charge in [-0.2, -0.15) is 0 Å². The average molecular weight is 272 g/mol. The van der Waals surface area contributed by atoms with Crippen LogP contribution in [0, 0.1) is 10.8 Å². The molecule has 4 nitrogen and oxygen atoms in total. The van der Waals surface area contributed by atoms with E-state index in [1.165, 1.54) is 0 Å². The highest BCUT2D eigenvalue weighted by atomic mass is 16.6. The Morgan fingerprint density at radius 2 is 1.42 bits per heavy atom. The third-order valence-electron chi connectivity index (χ3n) is 3.55. The van der Waals surface area contributed by atoms with Crippen LogP contribution in [0.5, 0.6) is 0 Å². The number of rotatable bonds is 4. The SMILES string of the molecule is CCC(C)(C(=O)OCC(=O)OC(C)(C)C)C(C)(C)C. The van der Waals surface area contributed by atoms with Crippen molar-refractivity contribution in [3.05, 3.63) is 0 Å². The lowest BCUT2D eigenvalue weighted by molar-refractivity contribution is -0.174. The van der Waals surface area contributed by atoms with Gasteiger partial charge in [0.1, 0.15) is 5.60 Å². The van der Waals surface area contributed by atoms with Gasteiger partial charge in [-0.1, -0.05) is 27.7 Å². The molecule has 0 saturated heterocycles. The Labute approximate surface area is 116 Å². The monoisotopic (exact) mass is 272 g/mol. The second-order valence-corrected chi connectivity index (χ2v) is 7.10. The zero-order valence-electron chi connectivity index (χ0n) is 13.5. The third kappa shape index (κ3) is 5.21. The molecular formula is C15H28O4. The molecule has 0 spiro atoms. The number of carbonyl (C=O) groups is 2. The first-order valence-corrected chi connectivity index (χ1v) is 6.72. The van der Waals surface area contributed by atoms with Crippen molar-refractivity contribution < 1.29 is 19.1 Å². The van der Waals surface area contributed by atoms with Crippen molar-refractivity contribution in [3.8, 4) is 0 Å². The Balaban J connectivity index is 4.59. The van der Waals surface area contributed by atoms with Crippen molar-refractivity contribution in [1.29, 1.82) is 0 Å². The van der Waals surface area contributed by atoms with E-state index in [1.807, 2.05) is 34.6 Å². The topological polar surface area (TPSA) is 52.6 Å². The number of hydrogen-bond acceptors (Lipinski definition) is 4. The molecule has 0 aromatic carbocycles. The maximum absolute atomic E-state index is 12.2. The molecule has 0 aromatic heterocycles. The van der Waals surface area contributed by atoms with E-state index in [-0.39, 0.29) is 18.0 Å². The second kappa shape index (κ2) is 5.93. The maximum atomic E-state index is 12.2. The van der Waals surface area contributed by atoms with Gasteiger partial charge < -0.3 is 9.47 Å². The minimum absolute atomic E-state index is 0.229. The first-order valence-electron chi connectivity index (χ1n) is 6.72. The van der Waals surface area contributed by atoms with E-state index in [0.29, 0.717) is 6.42 Å². The van der Waals surface area contributed by atoms with Crippen LogP contribution in [-0.4, -0.2) is 24.1 Å². The molecule has 1 atom stereocenters. The van der Waals surface area contributed by atoms with Crippen LogP contribution in [0.1, 0.15) is 61.8 Å². The van der Waals surface area contributed by atoms with Gasteiger partial charge in [-0.25, -0.2) is 4.79 Å².